The molecule has 16 heavy (non-hydrogen) atoms. The van der Waals surface area contributed by atoms with Crippen LogP contribution in [0.4, 0.5) is 0 Å². The highest BCUT2D eigenvalue weighted by molar-refractivity contribution is 6.32. The molecule has 0 radical (unpaired) electrons. The van der Waals surface area contributed by atoms with Crippen LogP contribution in [0.25, 0.3) is 0 Å². The maximum atomic E-state index is 10.7. The molecule has 0 unspecified atom stereocenters. The van der Waals surface area contributed by atoms with Crippen molar-refractivity contribution in [2.45, 2.75) is 6.04 Å². The molecule has 0 saturated carbocycles. The first-order chi connectivity index (χ1) is 7.51. The molecular weight excluding hydrogens is 234 g/mol. The van der Waals surface area contributed by atoms with Crippen molar-refractivity contribution in [3.05, 3.63) is 22.7 Å². The van der Waals surface area contributed by atoms with Crippen molar-refractivity contribution in [1.29, 1.82) is 0 Å². The smallest absolute Gasteiger partial charge is 0.325 e. The Kier molecular flexibility index (Phi) is 3.98. The van der Waals surface area contributed by atoms with E-state index in [-0.39, 0.29) is 5.02 Å². The molecule has 1 atom stereocenters. The van der Waals surface area contributed by atoms with E-state index in [0.717, 1.165) is 0 Å². The molecular formula is C10H12ClNO4. The molecule has 5 nitrogen and oxygen atoms in total. The fourth-order valence-corrected chi connectivity index (χ4v) is 1.56. The van der Waals surface area contributed by atoms with Crippen LogP contribution in [0.2, 0.25) is 5.02 Å². The summed E-state index contributed by atoms with van der Waals surface area (Å²) in [5, 5.41) is 9.03. The molecule has 1 aromatic carbocycles. The van der Waals surface area contributed by atoms with E-state index in [2.05, 4.69) is 0 Å². The van der Waals surface area contributed by atoms with E-state index < -0.39 is 12.0 Å². The molecule has 1 aromatic rings. The number of carboxylic acid groups (broad SMARTS) is 1. The van der Waals surface area contributed by atoms with Gasteiger partial charge in [0, 0.05) is 0 Å². The van der Waals surface area contributed by atoms with Crippen LogP contribution in [0.1, 0.15) is 11.6 Å². The zero-order chi connectivity index (χ0) is 12.3. The maximum absolute atomic E-state index is 10.7. The number of hydrogen-bond donors (Lipinski definition) is 2. The Morgan fingerprint density at radius 1 is 1.44 bits per heavy atom. The number of hydrogen-bond acceptors (Lipinski definition) is 4. The lowest BCUT2D eigenvalue weighted by Gasteiger charge is -2.13. The minimum Gasteiger partial charge on any atom is -0.493 e. The van der Waals surface area contributed by atoms with Gasteiger partial charge in [0.15, 0.2) is 11.5 Å². The van der Waals surface area contributed by atoms with Gasteiger partial charge in [-0.2, -0.15) is 0 Å². The van der Waals surface area contributed by atoms with E-state index in [9.17, 15) is 4.79 Å². The van der Waals surface area contributed by atoms with E-state index in [4.69, 9.17) is 31.9 Å². The zero-order valence-corrected chi connectivity index (χ0v) is 9.62. The lowest BCUT2D eigenvalue weighted by molar-refractivity contribution is -0.138. The molecule has 6 heteroatoms. The van der Waals surface area contributed by atoms with Gasteiger partial charge in [-0.3, -0.25) is 4.79 Å². The first-order valence-electron chi connectivity index (χ1n) is 4.41. The van der Waals surface area contributed by atoms with Crippen molar-refractivity contribution in [1.82, 2.24) is 0 Å². The number of carboxylic acids is 1. The van der Waals surface area contributed by atoms with Crippen LogP contribution in [0, 0.1) is 0 Å². The van der Waals surface area contributed by atoms with Crippen LogP contribution in [-0.2, 0) is 4.79 Å². The third kappa shape index (κ3) is 2.37. The third-order valence-corrected chi connectivity index (χ3v) is 2.36. The van der Waals surface area contributed by atoms with E-state index in [1.165, 1.54) is 26.4 Å². The summed E-state index contributed by atoms with van der Waals surface area (Å²) in [6.07, 6.45) is 0. The Morgan fingerprint density at radius 2 is 2.06 bits per heavy atom. The number of halogens is 1. The summed E-state index contributed by atoms with van der Waals surface area (Å²) < 4.78 is 10.0. The van der Waals surface area contributed by atoms with E-state index in [1.807, 2.05) is 0 Å². The Labute approximate surface area is 97.7 Å². The van der Waals surface area contributed by atoms with E-state index >= 15 is 0 Å². The first kappa shape index (κ1) is 12.6. The number of methoxy groups -OCH3 is 2. The molecule has 0 fully saturated rings. The Bertz CT molecular complexity index is 408. The lowest BCUT2D eigenvalue weighted by atomic mass is 10.1. The number of benzene rings is 1. The highest BCUT2D eigenvalue weighted by Gasteiger charge is 2.19. The van der Waals surface area contributed by atoms with Crippen LogP contribution in [0.5, 0.6) is 11.5 Å². The van der Waals surface area contributed by atoms with Crippen LogP contribution >= 0.6 is 11.6 Å². The van der Waals surface area contributed by atoms with Gasteiger partial charge in [0.2, 0.25) is 0 Å². The summed E-state index contributed by atoms with van der Waals surface area (Å²) in [5.41, 5.74) is 5.82. The van der Waals surface area contributed by atoms with Crippen molar-refractivity contribution in [2.24, 2.45) is 5.73 Å². The second-order valence-electron chi connectivity index (χ2n) is 3.05. The van der Waals surface area contributed by atoms with Gasteiger partial charge in [-0.05, 0) is 17.7 Å². The number of aliphatic carboxylic acids is 1. The van der Waals surface area contributed by atoms with Crippen molar-refractivity contribution in [3.63, 3.8) is 0 Å². The average molecular weight is 246 g/mol. The number of ether oxygens (including phenoxy) is 2. The minimum absolute atomic E-state index is 0.258. The fourth-order valence-electron chi connectivity index (χ4n) is 1.26. The number of rotatable bonds is 4. The molecule has 0 aliphatic carbocycles. The predicted molar refractivity (Wildman–Crippen MR) is 59.1 cm³/mol. The molecule has 88 valence electrons. The van der Waals surface area contributed by atoms with Crippen molar-refractivity contribution >= 4 is 17.6 Å². The minimum atomic E-state index is -1.14. The molecule has 0 heterocycles. The zero-order valence-electron chi connectivity index (χ0n) is 8.86. The predicted octanol–water partition coefficient (Wildman–Crippen LogP) is 1.44. The third-order valence-electron chi connectivity index (χ3n) is 2.08. The summed E-state index contributed by atoms with van der Waals surface area (Å²) in [7, 11) is 2.88. The molecule has 0 aliphatic heterocycles. The van der Waals surface area contributed by atoms with Gasteiger partial charge < -0.3 is 20.3 Å². The summed E-state index contributed by atoms with van der Waals surface area (Å²) >= 11 is 5.91. The van der Waals surface area contributed by atoms with Crippen LogP contribution < -0.4 is 15.2 Å². The van der Waals surface area contributed by atoms with E-state index in [0.29, 0.717) is 17.1 Å². The quantitative estimate of drug-likeness (QED) is 0.839. The number of carbonyl (C=O) groups is 1. The molecule has 0 spiro atoms. The first-order valence-corrected chi connectivity index (χ1v) is 4.78. The van der Waals surface area contributed by atoms with Gasteiger partial charge in [-0.1, -0.05) is 11.6 Å². The van der Waals surface area contributed by atoms with Crippen molar-refractivity contribution in [2.75, 3.05) is 14.2 Å². The Hall–Kier alpha value is -1.46. The molecule has 0 amide bonds. The van der Waals surface area contributed by atoms with Gasteiger partial charge in [-0.25, -0.2) is 0 Å². The van der Waals surface area contributed by atoms with Gasteiger partial charge in [0.25, 0.3) is 0 Å². The SMILES string of the molecule is COc1cc([C@H](N)C(=O)O)cc(Cl)c1OC. The average Bonchev–Trinajstić information content (AvgIpc) is 2.26. The highest BCUT2D eigenvalue weighted by Crippen LogP contribution is 2.37. The highest BCUT2D eigenvalue weighted by atomic mass is 35.5. The maximum Gasteiger partial charge on any atom is 0.325 e. The summed E-state index contributed by atoms with van der Waals surface area (Å²) in [5.74, 6) is -0.435. The monoisotopic (exact) mass is 245 g/mol. The van der Waals surface area contributed by atoms with Crippen LogP contribution in [-0.4, -0.2) is 25.3 Å². The Balaban J connectivity index is 3.25. The molecule has 0 aromatic heterocycles. The number of nitrogens with two attached hydrogens (primary N) is 1. The second kappa shape index (κ2) is 5.05. The molecule has 0 saturated heterocycles. The van der Waals surface area contributed by atoms with Gasteiger partial charge in [-0.15, -0.1) is 0 Å². The van der Waals surface area contributed by atoms with Crippen LogP contribution in [0.15, 0.2) is 12.1 Å². The Morgan fingerprint density at radius 3 is 2.50 bits per heavy atom. The van der Waals surface area contributed by atoms with Crippen molar-refractivity contribution in [3.8, 4) is 11.5 Å². The van der Waals surface area contributed by atoms with Gasteiger partial charge >= 0.3 is 5.97 Å². The van der Waals surface area contributed by atoms with Crippen LogP contribution in [0.3, 0.4) is 0 Å². The second-order valence-corrected chi connectivity index (χ2v) is 3.46. The normalized spacial score (nSPS) is 12.0. The fraction of sp³-hybridized carbons (Fsp3) is 0.300. The van der Waals surface area contributed by atoms with Gasteiger partial charge in [0.1, 0.15) is 6.04 Å². The molecule has 0 bridgehead atoms. The van der Waals surface area contributed by atoms with E-state index in [1.54, 1.807) is 0 Å². The standard InChI is InChI=1S/C10H12ClNO4/c1-15-7-4-5(8(12)10(13)14)3-6(11)9(7)16-2/h3-4,8H,12H2,1-2H3,(H,13,14)/t8-/m0/s1. The topological polar surface area (TPSA) is 81.8 Å². The molecule has 0 aliphatic rings. The molecule has 3 N–H and O–H groups in total. The molecule has 1 rings (SSSR count). The summed E-state index contributed by atoms with van der Waals surface area (Å²) in [4.78, 5) is 10.7. The van der Waals surface area contributed by atoms with Gasteiger partial charge in [0.05, 0.1) is 19.2 Å². The largest absolute Gasteiger partial charge is 0.493 e. The van der Waals surface area contributed by atoms with Crippen molar-refractivity contribution < 1.29 is 19.4 Å². The lowest BCUT2D eigenvalue weighted by Crippen LogP contribution is -2.20. The summed E-state index contributed by atoms with van der Waals surface area (Å²) in [6.45, 7) is 0. The summed E-state index contributed by atoms with van der Waals surface area (Å²) in [6, 6.07) is 1.79.